The summed E-state index contributed by atoms with van der Waals surface area (Å²) in [6.07, 6.45) is 0.397. The molecule has 0 aromatic carbocycles. The van der Waals surface area contributed by atoms with Gasteiger partial charge in [-0.15, -0.1) is 0 Å². The maximum atomic E-state index is 13.5. The van der Waals surface area contributed by atoms with Gasteiger partial charge in [0.15, 0.2) is 0 Å². The van der Waals surface area contributed by atoms with Crippen molar-refractivity contribution in [1.82, 2.24) is 0 Å². The first-order valence-electron chi connectivity index (χ1n) is 4.23. The Kier molecular flexibility index (Phi) is 3.34. The number of furan rings is 1. The van der Waals surface area contributed by atoms with Gasteiger partial charge in [0.2, 0.25) is 5.76 Å². The molecule has 0 saturated carbocycles. The van der Waals surface area contributed by atoms with Crippen molar-refractivity contribution in [2.45, 2.75) is 18.5 Å². The van der Waals surface area contributed by atoms with E-state index >= 15 is 0 Å². The zero-order valence-electron chi connectivity index (χ0n) is 8.21. The van der Waals surface area contributed by atoms with Crippen LogP contribution in [0, 0.1) is 0 Å². The normalized spacial score (nSPS) is 15.4. The molecule has 0 amide bonds. The Morgan fingerprint density at radius 1 is 1.69 bits per heavy atom. The quantitative estimate of drug-likeness (QED) is 0.642. The highest BCUT2D eigenvalue weighted by Crippen LogP contribution is 2.25. The Bertz CT molecular complexity index is 465. The van der Waals surface area contributed by atoms with Crippen LogP contribution in [-0.4, -0.2) is 24.1 Å². The highest BCUT2D eigenvalue weighted by molar-refractivity contribution is 7.86. The summed E-state index contributed by atoms with van der Waals surface area (Å²) < 4.78 is 52.1. The fraction of sp³-hybridized carbons (Fsp3) is 0.375. The molecule has 1 aromatic rings. The Hall–Kier alpha value is -1.41. The van der Waals surface area contributed by atoms with E-state index in [1.807, 2.05) is 0 Å². The molecule has 1 atom stereocenters. The zero-order valence-corrected chi connectivity index (χ0v) is 9.03. The van der Waals surface area contributed by atoms with Gasteiger partial charge in [-0.05, 0) is 12.1 Å². The summed E-state index contributed by atoms with van der Waals surface area (Å²) in [5.74, 6) is -1.67. The number of esters is 1. The van der Waals surface area contributed by atoms with Crippen LogP contribution in [0.4, 0.5) is 4.39 Å². The third-order valence-electron chi connectivity index (χ3n) is 1.77. The molecule has 0 radical (unpaired) electrons. The molecule has 0 bridgehead atoms. The summed E-state index contributed by atoms with van der Waals surface area (Å²) in [4.78, 5) is 11.2. The van der Waals surface area contributed by atoms with Crippen LogP contribution in [0.25, 0.3) is 0 Å². The predicted octanol–water partition coefficient (Wildman–Crippen LogP) is 1.36. The van der Waals surface area contributed by atoms with E-state index in [9.17, 15) is 17.6 Å². The molecule has 1 aromatic heterocycles. The smallest absolute Gasteiger partial charge is 0.377 e. The van der Waals surface area contributed by atoms with Crippen molar-refractivity contribution in [2.75, 3.05) is 0 Å². The molecule has 0 aliphatic carbocycles. The van der Waals surface area contributed by atoms with Crippen LogP contribution in [0.5, 0.6) is 0 Å². The second-order valence-electron chi connectivity index (χ2n) is 2.86. The van der Waals surface area contributed by atoms with Gasteiger partial charge >= 0.3 is 21.3 Å². The van der Waals surface area contributed by atoms with Crippen LogP contribution >= 0.6 is 0 Å². The SMILES string of the molecule is CCC(F)(OC(=O)c1ccco1)S(=O)(=O)O. The van der Waals surface area contributed by atoms with Crippen molar-refractivity contribution in [3.63, 3.8) is 0 Å². The summed E-state index contributed by atoms with van der Waals surface area (Å²) in [6.45, 7) is 1.10. The minimum Gasteiger partial charge on any atom is -0.457 e. The first-order valence-corrected chi connectivity index (χ1v) is 5.67. The van der Waals surface area contributed by atoms with E-state index in [-0.39, 0.29) is 5.76 Å². The number of hydrogen-bond acceptors (Lipinski definition) is 5. The van der Waals surface area contributed by atoms with Crippen LogP contribution in [0.15, 0.2) is 22.8 Å². The lowest BCUT2D eigenvalue weighted by molar-refractivity contribution is -0.0527. The maximum absolute atomic E-state index is 13.5. The summed E-state index contributed by atoms with van der Waals surface area (Å²) in [6, 6.07) is 2.51. The average Bonchev–Trinajstić information content (AvgIpc) is 2.68. The van der Waals surface area contributed by atoms with Crippen LogP contribution in [0.3, 0.4) is 0 Å². The average molecular weight is 252 g/mol. The van der Waals surface area contributed by atoms with Gasteiger partial charge < -0.3 is 9.15 Å². The number of carbonyl (C=O) groups is 1. The van der Waals surface area contributed by atoms with E-state index in [0.29, 0.717) is 0 Å². The number of ether oxygens (including phenoxy) is 1. The summed E-state index contributed by atoms with van der Waals surface area (Å²) in [5, 5.41) is -3.46. The van der Waals surface area contributed by atoms with Gasteiger partial charge in [-0.2, -0.15) is 12.8 Å². The molecule has 0 saturated heterocycles. The summed E-state index contributed by atoms with van der Waals surface area (Å²) in [5.41, 5.74) is 0. The number of hydrogen-bond donors (Lipinski definition) is 1. The Morgan fingerprint density at radius 2 is 2.31 bits per heavy atom. The first-order chi connectivity index (χ1) is 7.30. The van der Waals surface area contributed by atoms with Crippen LogP contribution in [-0.2, 0) is 14.9 Å². The van der Waals surface area contributed by atoms with Crippen LogP contribution in [0.2, 0.25) is 0 Å². The zero-order chi connectivity index (χ0) is 12.4. The van der Waals surface area contributed by atoms with Crippen molar-refractivity contribution in [3.8, 4) is 0 Å². The molecule has 16 heavy (non-hydrogen) atoms. The highest BCUT2D eigenvalue weighted by Gasteiger charge is 2.46. The molecule has 1 unspecified atom stereocenters. The monoisotopic (exact) mass is 252 g/mol. The van der Waals surface area contributed by atoms with E-state index in [2.05, 4.69) is 9.15 Å². The lowest BCUT2D eigenvalue weighted by Gasteiger charge is -2.19. The first kappa shape index (κ1) is 12.7. The summed E-state index contributed by atoms with van der Waals surface area (Å²) >= 11 is 0. The van der Waals surface area contributed by atoms with Crippen molar-refractivity contribution in [1.29, 1.82) is 0 Å². The second kappa shape index (κ2) is 4.22. The van der Waals surface area contributed by atoms with Gasteiger partial charge in [0.1, 0.15) is 0 Å². The Labute approximate surface area is 90.8 Å². The third kappa shape index (κ3) is 2.39. The predicted molar refractivity (Wildman–Crippen MR) is 49.8 cm³/mol. The Balaban J connectivity index is 2.92. The molecule has 0 aliphatic rings. The van der Waals surface area contributed by atoms with Gasteiger partial charge in [0, 0.05) is 6.42 Å². The minimum absolute atomic E-state index is 0.362. The second-order valence-corrected chi connectivity index (χ2v) is 4.42. The Morgan fingerprint density at radius 3 is 2.69 bits per heavy atom. The minimum atomic E-state index is -5.15. The molecule has 1 heterocycles. The van der Waals surface area contributed by atoms with E-state index in [1.165, 1.54) is 12.1 Å². The largest absolute Gasteiger partial charge is 0.457 e. The molecular weight excluding hydrogens is 243 g/mol. The van der Waals surface area contributed by atoms with E-state index in [0.717, 1.165) is 13.2 Å². The standard InChI is InChI=1S/C8H9FO6S/c1-2-8(9,16(11,12)13)15-7(10)6-4-3-5-14-6/h3-5H,2H2,1H3,(H,11,12,13). The number of rotatable bonds is 4. The van der Waals surface area contributed by atoms with E-state index in [4.69, 9.17) is 4.55 Å². The maximum Gasteiger partial charge on any atom is 0.377 e. The highest BCUT2D eigenvalue weighted by atomic mass is 32.2. The van der Waals surface area contributed by atoms with Gasteiger partial charge in [-0.3, -0.25) is 4.55 Å². The molecule has 90 valence electrons. The van der Waals surface area contributed by atoms with Gasteiger partial charge in [0.25, 0.3) is 0 Å². The molecule has 0 aliphatic heterocycles. The fourth-order valence-corrected chi connectivity index (χ4v) is 1.44. The molecule has 6 nitrogen and oxygen atoms in total. The summed E-state index contributed by atoms with van der Waals surface area (Å²) in [7, 11) is -5.15. The van der Waals surface area contributed by atoms with Crippen LogP contribution < -0.4 is 0 Å². The van der Waals surface area contributed by atoms with E-state index in [1.54, 1.807) is 0 Å². The lowest BCUT2D eigenvalue weighted by atomic mass is 10.4. The third-order valence-corrected chi connectivity index (χ3v) is 2.92. The molecule has 1 rings (SSSR count). The van der Waals surface area contributed by atoms with Crippen molar-refractivity contribution in [2.24, 2.45) is 0 Å². The molecular formula is C8H9FO6S. The fourth-order valence-electron chi connectivity index (χ4n) is 0.891. The van der Waals surface area contributed by atoms with E-state index < -0.39 is 27.7 Å². The van der Waals surface area contributed by atoms with Crippen molar-refractivity contribution < 1.29 is 31.3 Å². The van der Waals surface area contributed by atoms with Crippen LogP contribution in [0.1, 0.15) is 23.9 Å². The van der Waals surface area contributed by atoms with Gasteiger partial charge in [-0.25, -0.2) is 4.79 Å². The van der Waals surface area contributed by atoms with Gasteiger partial charge in [-0.1, -0.05) is 6.92 Å². The number of alkyl halides is 1. The molecule has 8 heteroatoms. The van der Waals surface area contributed by atoms with Crippen molar-refractivity contribution >= 4 is 16.1 Å². The molecule has 0 fully saturated rings. The van der Waals surface area contributed by atoms with Crippen molar-refractivity contribution in [3.05, 3.63) is 24.2 Å². The molecule has 0 spiro atoms. The topological polar surface area (TPSA) is 93.8 Å². The molecule has 1 N–H and O–H groups in total. The number of carbonyl (C=O) groups excluding carboxylic acids is 1. The number of halogens is 1. The lowest BCUT2D eigenvalue weighted by Crippen LogP contribution is -2.37. The van der Waals surface area contributed by atoms with Gasteiger partial charge in [0.05, 0.1) is 6.26 Å².